The zero-order valence-electron chi connectivity index (χ0n) is 21.3. The van der Waals surface area contributed by atoms with Gasteiger partial charge >= 0.3 is 5.69 Å². The Balaban J connectivity index is 1.86. The van der Waals surface area contributed by atoms with E-state index >= 15 is 0 Å². The Bertz CT molecular complexity index is 1790. The lowest BCUT2D eigenvalue weighted by Crippen LogP contribution is -2.37. The van der Waals surface area contributed by atoms with Gasteiger partial charge in [0.15, 0.2) is 5.82 Å². The van der Waals surface area contributed by atoms with Crippen LogP contribution in [0.2, 0.25) is 0 Å². The molecule has 0 amide bonds. The number of hydrogen-bond acceptors (Lipinski definition) is 6. The van der Waals surface area contributed by atoms with Crippen LogP contribution < -0.4 is 9.40 Å². The second kappa shape index (κ2) is 8.59. The molecule has 0 aliphatic heterocycles. The second-order valence-corrected chi connectivity index (χ2v) is 13.7. The Morgan fingerprint density at radius 2 is 1.59 bits per heavy atom. The van der Waals surface area contributed by atoms with E-state index in [0.717, 1.165) is 42.9 Å². The molecule has 2 aromatic heterocycles. The van der Waals surface area contributed by atoms with E-state index in [-0.39, 0.29) is 17.5 Å². The minimum absolute atomic E-state index is 0.0933. The molecule has 0 bridgehead atoms. The number of sulfonamides is 2. The van der Waals surface area contributed by atoms with Crippen LogP contribution in [0.4, 0.5) is 5.82 Å². The van der Waals surface area contributed by atoms with Crippen LogP contribution in [0.25, 0.3) is 33.4 Å². The van der Waals surface area contributed by atoms with Crippen molar-refractivity contribution >= 4 is 36.9 Å². The lowest BCUT2D eigenvalue weighted by molar-refractivity contribution is 0.312. The summed E-state index contributed by atoms with van der Waals surface area (Å²) in [5, 5.41) is 4.59. The first-order chi connectivity index (χ1) is 17.3. The highest BCUT2D eigenvalue weighted by Gasteiger charge is 2.35. The second-order valence-electron chi connectivity index (χ2n) is 9.76. The van der Waals surface area contributed by atoms with Crippen molar-refractivity contribution in [2.75, 3.05) is 16.2 Å². The fraction of sp³-hybridized carbons (Fsp3) is 0.360. The molecule has 196 valence electrons. The van der Waals surface area contributed by atoms with Crippen LogP contribution in [0.15, 0.2) is 47.3 Å². The molecule has 0 unspecified atom stereocenters. The van der Waals surface area contributed by atoms with Crippen LogP contribution >= 0.6 is 0 Å². The third-order valence-corrected chi connectivity index (χ3v) is 10.1. The van der Waals surface area contributed by atoms with Gasteiger partial charge in [0.1, 0.15) is 5.69 Å². The average molecular weight is 544 g/mol. The Morgan fingerprint density at radius 3 is 2.16 bits per heavy atom. The largest absolute Gasteiger partial charge is 0.329 e. The summed E-state index contributed by atoms with van der Waals surface area (Å²) in [6.07, 6.45) is 4.67. The summed E-state index contributed by atoms with van der Waals surface area (Å²) in [7, 11) is -5.26. The number of rotatable bonds is 6. The molecule has 2 heterocycles. The smallest absolute Gasteiger partial charge is 0.295 e. The van der Waals surface area contributed by atoms with E-state index in [9.17, 15) is 21.6 Å². The molecule has 0 radical (unpaired) electrons. The summed E-state index contributed by atoms with van der Waals surface area (Å²) in [5.74, 6) is -0.0933. The molecule has 2 aromatic carbocycles. The van der Waals surface area contributed by atoms with Gasteiger partial charge in [-0.15, -0.1) is 3.71 Å². The third kappa shape index (κ3) is 4.17. The number of imidazole rings is 1. The first-order valence-electron chi connectivity index (χ1n) is 11.8. The minimum atomic E-state index is -4.24. The fourth-order valence-corrected chi connectivity index (χ4v) is 8.08. The summed E-state index contributed by atoms with van der Waals surface area (Å²) in [4.78, 5) is 13.1. The normalized spacial score (nSPS) is 14.7. The zero-order valence-corrected chi connectivity index (χ0v) is 23.0. The predicted octanol–water partition coefficient (Wildman–Crippen LogP) is 3.17. The van der Waals surface area contributed by atoms with Crippen LogP contribution in [0.5, 0.6) is 0 Å². The fourth-order valence-electron chi connectivity index (χ4n) is 5.06. The first kappa shape index (κ1) is 25.3. The van der Waals surface area contributed by atoms with Crippen molar-refractivity contribution in [1.82, 2.24) is 18.9 Å². The van der Waals surface area contributed by atoms with Crippen molar-refractivity contribution in [2.24, 2.45) is 14.1 Å². The number of fused-ring (bicyclic) bond motifs is 1. The van der Waals surface area contributed by atoms with E-state index < -0.39 is 20.0 Å². The van der Waals surface area contributed by atoms with Crippen molar-refractivity contribution < 1.29 is 16.8 Å². The number of anilines is 1. The molecule has 0 spiro atoms. The van der Waals surface area contributed by atoms with E-state index in [0.29, 0.717) is 31.6 Å². The number of nitrogens with zero attached hydrogens (tertiary/aromatic N) is 5. The molecule has 12 heteroatoms. The highest BCUT2D eigenvalue weighted by atomic mass is 32.3. The highest BCUT2D eigenvalue weighted by Crippen LogP contribution is 2.42. The molecule has 1 aliphatic rings. The standard InChI is InChI=1S/C25H29N5O5S2/c1-16-8-6-9-18(14-16)23-22(24(28(3)26-23)30(36(4,32)33)37(5,34)35)17-12-13-20-21(15-17)27(2)25(31)29(20)19-10-7-11-19/h6,8-9,12-15,19H,7,10-11H2,1-5H3. The maximum absolute atomic E-state index is 13.1. The lowest BCUT2D eigenvalue weighted by atomic mass is 9.92. The highest BCUT2D eigenvalue weighted by molar-refractivity contribution is 8.09. The summed E-state index contributed by atoms with van der Waals surface area (Å²) in [5.41, 5.74) is 4.34. The summed E-state index contributed by atoms with van der Waals surface area (Å²) in [6, 6.07) is 13.1. The maximum atomic E-state index is 13.1. The molecule has 1 aliphatic carbocycles. The molecule has 0 N–H and O–H groups in total. The summed E-state index contributed by atoms with van der Waals surface area (Å²) in [6.45, 7) is 1.93. The van der Waals surface area contributed by atoms with Crippen molar-refractivity contribution in [3.63, 3.8) is 0 Å². The van der Waals surface area contributed by atoms with E-state index in [1.807, 2.05) is 41.8 Å². The molecule has 0 atom stereocenters. The molecule has 10 nitrogen and oxygen atoms in total. The Kier molecular flexibility index (Phi) is 5.87. The molecular weight excluding hydrogens is 514 g/mol. The number of hydrogen-bond donors (Lipinski definition) is 0. The molecule has 5 rings (SSSR count). The monoisotopic (exact) mass is 543 g/mol. The molecular formula is C25H29N5O5S2. The molecule has 1 fully saturated rings. The first-order valence-corrected chi connectivity index (χ1v) is 15.5. The van der Waals surface area contributed by atoms with Crippen molar-refractivity contribution in [2.45, 2.75) is 32.2 Å². The Labute approximate surface area is 215 Å². The van der Waals surface area contributed by atoms with E-state index in [1.54, 1.807) is 23.7 Å². The molecule has 4 aromatic rings. The van der Waals surface area contributed by atoms with Gasteiger partial charge in [-0.3, -0.25) is 9.13 Å². The Hall–Kier alpha value is -3.38. The van der Waals surface area contributed by atoms with Crippen molar-refractivity contribution in [1.29, 1.82) is 0 Å². The van der Waals surface area contributed by atoms with Gasteiger partial charge in [-0.05, 0) is 49.9 Å². The quantitative estimate of drug-likeness (QED) is 0.369. The summed E-state index contributed by atoms with van der Waals surface area (Å²) < 4.78 is 56.3. The topological polar surface area (TPSA) is 116 Å². The van der Waals surface area contributed by atoms with Crippen LogP contribution in [-0.2, 0) is 34.1 Å². The molecule has 1 saturated carbocycles. The van der Waals surface area contributed by atoms with Gasteiger partial charge in [0.25, 0.3) is 0 Å². The lowest BCUT2D eigenvalue weighted by Gasteiger charge is -2.26. The van der Waals surface area contributed by atoms with E-state index in [4.69, 9.17) is 0 Å². The third-order valence-electron chi connectivity index (χ3n) is 6.90. The zero-order chi connectivity index (χ0) is 26.9. The van der Waals surface area contributed by atoms with Crippen LogP contribution in [0, 0.1) is 6.92 Å². The number of aromatic nitrogens is 4. The van der Waals surface area contributed by atoms with Crippen LogP contribution in [-0.4, -0.2) is 48.3 Å². The number of aryl methyl sites for hydroxylation is 3. The molecule has 0 saturated heterocycles. The minimum Gasteiger partial charge on any atom is -0.295 e. The van der Waals surface area contributed by atoms with Crippen molar-refractivity contribution in [3.05, 3.63) is 58.5 Å². The average Bonchev–Trinajstić information content (AvgIpc) is 3.20. The Morgan fingerprint density at radius 1 is 0.919 bits per heavy atom. The number of benzene rings is 2. The maximum Gasteiger partial charge on any atom is 0.329 e. The van der Waals surface area contributed by atoms with Gasteiger partial charge in [0, 0.05) is 25.7 Å². The van der Waals surface area contributed by atoms with Gasteiger partial charge in [-0.1, -0.05) is 29.8 Å². The molecule has 37 heavy (non-hydrogen) atoms. The van der Waals surface area contributed by atoms with Gasteiger partial charge < -0.3 is 0 Å². The predicted molar refractivity (Wildman–Crippen MR) is 145 cm³/mol. The SMILES string of the molecule is Cc1cccc(-c2nn(C)c(N(S(C)(=O)=O)S(C)(=O)=O)c2-c2ccc3c(c2)n(C)c(=O)n3C2CCC2)c1. The van der Waals surface area contributed by atoms with Gasteiger partial charge in [-0.2, -0.15) is 5.10 Å². The van der Waals surface area contributed by atoms with Gasteiger partial charge in [0.2, 0.25) is 20.0 Å². The van der Waals surface area contributed by atoms with Crippen LogP contribution in [0.1, 0.15) is 30.9 Å². The van der Waals surface area contributed by atoms with Crippen molar-refractivity contribution in [3.8, 4) is 22.4 Å². The van der Waals surface area contributed by atoms with Gasteiger partial charge in [-0.25, -0.2) is 26.3 Å². The van der Waals surface area contributed by atoms with Gasteiger partial charge in [0.05, 0.1) is 29.1 Å². The summed E-state index contributed by atoms with van der Waals surface area (Å²) >= 11 is 0. The van der Waals surface area contributed by atoms with Crippen LogP contribution in [0.3, 0.4) is 0 Å². The van der Waals surface area contributed by atoms with E-state index in [2.05, 4.69) is 5.10 Å². The van der Waals surface area contributed by atoms with E-state index in [1.165, 1.54) is 11.7 Å².